The van der Waals surface area contributed by atoms with E-state index in [1.807, 2.05) is 19.1 Å². The van der Waals surface area contributed by atoms with Crippen LogP contribution in [0.25, 0.3) is 0 Å². The Morgan fingerprint density at radius 3 is 2.40 bits per heavy atom. The van der Waals surface area contributed by atoms with Crippen LogP contribution in [0.1, 0.15) is 18.5 Å². The zero-order valence-electron chi connectivity index (χ0n) is 12.5. The molecule has 0 saturated carbocycles. The smallest absolute Gasteiger partial charge is 0.119 e. The van der Waals surface area contributed by atoms with Crippen molar-refractivity contribution in [3.63, 3.8) is 0 Å². The van der Waals surface area contributed by atoms with Gasteiger partial charge in [0.25, 0.3) is 0 Å². The fourth-order valence-corrected chi connectivity index (χ4v) is 2.38. The highest BCUT2D eigenvalue weighted by Crippen LogP contribution is 2.18. The molecule has 5 nitrogen and oxygen atoms in total. The molecule has 1 fully saturated rings. The van der Waals surface area contributed by atoms with Crippen molar-refractivity contribution in [1.82, 2.24) is 15.3 Å². The van der Waals surface area contributed by atoms with Crippen LogP contribution in [-0.4, -0.2) is 56.3 Å². The molecule has 1 unspecified atom stereocenters. The van der Waals surface area contributed by atoms with Gasteiger partial charge in [-0.3, -0.25) is 0 Å². The predicted molar refractivity (Wildman–Crippen MR) is 81.6 cm³/mol. The monoisotopic (exact) mass is 278 g/mol. The van der Waals surface area contributed by atoms with Crippen LogP contribution in [0.15, 0.2) is 24.3 Å². The summed E-state index contributed by atoms with van der Waals surface area (Å²) in [7, 11) is 2.16. The van der Waals surface area contributed by atoms with Gasteiger partial charge < -0.3 is 15.4 Å². The Kier molecular flexibility index (Phi) is 5.79. The number of hydrazine groups is 1. The second-order valence-corrected chi connectivity index (χ2v) is 5.21. The van der Waals surface area contributed by atoms with Crippen LogP contribution < -0.4 is 15.9 Å². The van der Waals surface area contributed by atoms with Gasteiger partial charge in [0.1, 0.15) is 5.75 Å². The summed E-state index contributed by atoms with van der Waals surface area (Å²) in [6.45, 7) is 7.51. The minimum Gasteiger partial charge on any atom is -0.494 e. The Balaban J connectivity index is 1.93. The molecule has 1 aromatic carbocycles. The molecule has 20 heavy (non-hydrogen) atoms. The van der Waals surface area contributed by atoms with E-state index in [1.54, 1.807) is 0 Å². The number of ether oxygens (including phenoxy) is 1. The summed E-state index contributed by atoms with van der Waals surface area (Å²) < 4.78 is 5.47. The van der Waals surface area contributed by atoms with Crippen molar-refractivity contribution in [1.29, 1.82) is 0 Å². The number of hydrogen-bond acceptors (Lipinski definition) is 5. The van der Waals surface area contributed by atoms with Gasteiger partial charge in [0.05, 0.1) is 12.6 Å². The molecule has 5 heteroatoms. The third-order valence-corrected chi connectivity index (χ3v) is 3.67. The molecule has 1 heterocycles. The number of piperazine rings is 1. The number of hydrogen-bond donors (Lipinski definition) is 2. The molecule has 1 aromatic rings. The summed E-state index contributed by atoms with van der Waals surface area (Å²) >= 11 is 0. The molecule has 3 N–H and O–H groups in total. The van der Waals surface area contributed by atoms with Crippen molar-refractivity contribution in [3.05, 3.63) is 29.8 Å². The van der Waals surface area contributed by atoms with Crippen LogP contribution in [0.4, 0.5) is 0 Å². The molecule has 0 spiro atoms. The van der Waals surface area contributed by atoms with E-state index in [-0.39, 0.29) is 6.04 Å². The molecule has 0 aromatic heterocycles. The SMILES string of the molecule is CCOc1ccc(C(CN)NN2CCN(C)CC2)cc1. The number of nitrogens with zero attached hydrogens (tertiary/aromatic N) is 2. The molecule has 1 saturated heterocycles. The van der Waals surface area contributed by atoms with Crippen LogP contribution in [0.3, 0.4) is 0 Å². The number of likely N-dealkylation sites (N-methyl/N-ethyl adjacent to an activating group) is 1. The zero-order valence-corrected chi connectivity index (χ0v) is 12.5. The summed E-state index contributed by atoms with van der Waals surface area (Å²) in [4.78, 5) is 2.34. The second kappa shape index (κ2) is 7.59. The maximum Gasteiger partial charge on any atom is 0.119 e. The average molecular weight is 278 g/mol. The fraction of sp³-hybridized carbons (Fsp3) is 0.600. The molecule has 0 radical (unpaired) electrons. The van der Waals surface area contributed by atoms with Gasteiger partial charge in [0.15, 0.2) is 0 Å². The zero-order chi connectivity index (χ0) is 14.4. The minimum absolute atomic E-state index is 0.161. The first-order valence-electron chi connectivity index (χ1n) is 7.35. The molecule has 1 atom stereocenters. The molecular weight excluding hydrogens is 252 g/mol. The van der Waals surface area contributed by atoms with Gasteiger partial charge in [0, 0.05) is 32.7 Å². The molecule has 2 rings (SSSR count). The van der Waals surface area contributed by atoms with E-state index < -0.39 is 0 Å². The largest absolute Gasteiger partial charge is 0.494 e. The predicted octanol–water partition coefficient (Wildman–Crippen LogP) is 0.837. The Bertz CT molecular complexity index is 387. The van der Waals surface area contributed by atoms with E-state index in [2.05, 4.69) is 34.5 Å². The molecule has 1 aliphatic heterocycles. The molecular formula is C15H26N4O. The van der Waals surface area contributed by atoms with E-state index in [0.29, 0.717) is 13.2 Å². The summed E-state index contributed by atoms with van der Waals surface area (Å²) in [6.07, 6.45) is 0. The average Bonchev–Trinajstić information content (AvgIpc) is 2.48. The summed E-state index contributed by atoms with van der Waals surface area (Å²) in [5.74, 6) is 0.909. The first-order valence-corrected chi connectivity index (χ1v) is 7.35. The number of benzene rings is 1. The van der Waals surface area contributed by atoms with Gasteiger partial charge in [0.2, 0.25) is 0 Å². The van der Waals surface area contributed by atoms with Crippen molar-refractivity contribution < 1.29 is 4.74 Å². The van der Waals surface area contributed by atoms with Crippen LogP contribution in [0, 0.1) is 0 Å². The van der Waals surface area contributed by atoms with Crippen molar-refractivity contribution in [2.24, 2.45) is 5.73 Å². The first-order chi connectivity index (χ1) is 9.72. The lowest BCUT2D eigenvalue weighted by molar-refractivity contribution is 0.0880. The van der Waals surface area contributed by atoms with E-state index in [1.165, 1.54) is 5.56 Å². The van der Waals surface area contributed by atoms with Crippen molar-refractivity contribution in [3.8, 4) is 5.75 Å². The highest BCUT2D eigenvalue weighted by atomic mass is 16.5. The summed E-state index contributed by atoms with van der Waals surface area (Å²) in [6, 6.07) is 8.35. The van der Waals surface area contributed by atoms with Gasteiger partial charge in [-0.15, -0.1) is 0 Å². The van der Waals surface area contributed by atoms with Gasteiger partial charge in [-0.1, -0.05) is 12.1 Å². The van der Waals surface area contributed by atoms with Gasteiger partial charge in [-0.25, -0.2) is 10.4 Å². The lowest BCUT2D eigenvalue weighted by Crippen LogP contribution is -2.52. The van der Waals surface area contributed by atoms with Crippen LogP contribution >= 0.6 is 0 Å². The highest BCUT2D eigenvalue weighted by molar-refractivity contribution is 5.29. The fourth-order valence-electron chi connectivity index (χ4n) is 2.38. The number of nitrogens with two attached hydrogens (primary N) is 1. The summed E-state index contributed by atoms with van der Waals surface area (Å²) in [5.41, 5.74) is 10.7. The minimum atomic E-state index is 0.161. The molecule has 0 bridgehead atoms. The first kappa shape index (κ1) is 15.3. The van der Waals surface area contributed by atoms with Crippen molar-refractivity contribution in [2.45, 2.75) is 13.0 Å². The maximum absolute atomic E-state index is 5.92. The molecule has 0 amide bonds. The van der Waals surface area contributed by atoms with Crippen LogP contribution in [0.2, 0.25) is 0 Å². The van der Waals surface area contributed by atoms with E-state index >= 15 is 0 Å². The normalized spacial score (nSPS) is 18.9. The third kappa shape index (κ3) is 4.18. The van der Waals surface area contributed by atoms with Gasteiger partial charge >= 0.3 is 0 Å². The number of rotatable bonds is 6. The van der Waals surface area contributed by atoms with E-state index in [4.69, 9.17) is 10.5 Å². The lowest BCUT2D eigenvalue weighted by atomic mass is 10.1. The maximum atomic E-state index is 5.92. The highest BCUT2D eigenvalue weighted by Gasteiger charge is 2.17. The molecule has 1 aliphatic rings. The van der Waals surface area contributed by atoms with Crippen LogP contribution in [-0.2, 0) is 0 Å². The Morgan fingerprint density at radius 2 is 1.85 bits per heavy atom. The van der Waals surface area contributed by atoms with Crippen molar-refractivity contribution in [2.75, 3.05) is 46.4 Å². The summed E-state index contributed by atoms with van der Waals surface area (Å²) in [5, 5.41) is 2.27. The topological polar surface area (TPSA) is 53.8 Å². The Labute approximate surface area is 121 Å². The number of nitrogens with one attached hydrogen (secondary N) is 1. The van der Waals surface area contributed by atoms with Crippen LogP contribution in [0.5, 0.6) is 5.75 Å². The van der Waals surface area contributed by atoms with E-state index in [9.17, 15) is 0 Å². The third-order valence-electron chi connectivity index (χ3n) is 3.67. The lowest BCUT2D eigenvalue weighted by Gasteiger charge is -2.35. The quantitative estimate of drug-likeness (QED) is 0.807. The van der Waals surface area contributed by atoms with Gasteiger partial charge in [-0.05, 0) is 31.7 Å². The standard InChI is InChI=1S/C15H26N4O/c1-3-20-14-6-4-13(5-7-14)15(12-16)17-19-10-8-18(2)9-11-19/h4-7,15,17H,3,8-12,16H2,1-2H3. The Morgan fingerprint density at radius 1 is 1.20 bits per heavy atom. The molecule has 112 valence electrons. The molecule has 0 aliphatic carbocycles. The Hall–Kier alpha value is -1.14. The van der Waals surface area contributed by atoms with Gasteiger partial charge in [-0.2, -0.15) is 0 Å². The van der Waals surface area contributed by atoms with Crippen molar-refractivity contribution >= 4 is 0 Å². The van der Waals surface area contributed by atoms with E-state index in [0.717, 1.165) is 31.9 Å². The second-order valence-electron chi connectivity index (χ2n) is 5.21.